The number of nitrogens with one attached hydrogen (secondary N) is 3. The number of carbonyl (C=O) groups is 2. The van der Waals surface area contributed by atoms with Crippen molar-refractivity contribution < 1.29 is 36.3 Å². The molecule has 2 saturated heterocycles. The number of carbonyl (C=O) groups excluding carboxylic acids is 2. The van der Waals surface area contributed by atoms with Crippen LogP contribution in [-0.4, -0.2) is 82.0 Å². The van der Waals surface area contributed by atoms with Crippen LogP contribution in [-0.2, 0) is 36.1 Å². The van der Waals surface area contributed by atoms with Crippen molar-refractivity contribution in [3.8, 4) is 0 Å². The van der Waals surface area contributed by atoms with E-state index in [0.717, 1.165) is 6.42 Å². The van der Waals surface area contributed by atoms with Gasteiger partial charge in [0.05, 0.1) is 19.0 Å². The lowest BCUT2D eigenvalue weighted by Crippen LogP contribution is -2.58. The number of fused-ring (bicyclic) bond motifs is 2. The summed E-state index contributed by atoms with van der Waals surface area (Å²) >= 11 is 0. The monoisotopic (exact) mass is 648 g/mol. The van der Waals surface area contributed by atoms with Gasteiger partial charge in [0.2, 0.25) is 15.9 Å². The Labute approximate surface area is 263 Å². The molecule has 13 heteroatoms. The summed E-state index contributed by atoms with van der Waals surface area (Å²) < 4.78 is 67.2. The van der Waals surface area contributed by atoms with Crippen LogP contribution in [0.2, 0.25) is 0 Å². The Morgan fingerprint density at radius 2 is 1.82 bits per heavy atom. The number of rotatable bonds is 9. The highest BCUT2D eigenvalue weighted by Crippen LogP contribution is 2.44. The Hall–Kier alpha value is -3.13. The van der Waals surface area contributed by atoms with Crippen LogP contribution in [0.5, 0.6) is 0 Å². The molecule has 246 valence electrons. The van der Waals surface area contributed by atoms with Gasteiger partial charge in [0.15, 0.2) is 0 Å². The molecule has 3 aliphatic rings. The maximum atomic E-state index is 15.4. The summed E-state index contributed by atoms with van der Waals surface area (Å²) in [6.07, 6.45) is 3.17. The van der Waals surface area contributed by atoms with Crippen LogP contribution in [0.1, 0.15) is 56.1 Å². The van der Waals surface area contributed by atoms with Crippen molar-refractivity contribution >= 4 is 27.7 Å². The largest absolute Gasteiger partial charge is 0.453 e. The van der Waals surface area contributed by atoms with Crippen LogP contribution < -0.4 is 16.0 Å². The van der Waals surface area contributed by atoms with Crippen molar-refractivity contribution in [1.82, 2.24) is 14.9 Å². The van der Waals surface area contributed by atoms with Crippen LogP contribution in [0.15, 0.2) is 42.5 Å². The van der Waals surface area contributed by atoms with E-state index in [9.17, 15) is 22.4 Å². The van der Waals surface area contributed by atoms with E-state index in [1.807, 2.05) is 0 Å². The predicted molar refractivity (Wildman–Crippen MR) is 165 cm³/mol. The van der Waals surface area contributed by atoms with Gasteiger partial charge in [-0.25, -0.2) is 22.0 Å². The Morgan fingerprint density at radius 3 is 2.51 bits per heavy atom. The fourth-order valence-electron chi connectivity index (χ4n) is 7.19. The predicted octanol–water partition coefficient (Wildman–Crippen LogP) is 3.85. The number of hydrogen-bond acceptors (Lipinski definition) is 7. The van der Waals surface area contributed by atoms with E-state index >= 15 is 4.39 Å². The Bertz CT molecular complexity index is 1470. The molecule has 0 spiro atoms. The number of hydrogen-bond donors (Lipinski definition) is 3. The molecule has 0 aromatic heterocycles. The zero-order valence-corrected chi connectivity index (χ0v) is 26.5. The van der Waals surface area contributed by atoms with E-state index in [1.165, 1.54) is 31.4 Å². The first-order chi connectivity index (χ1) is 21.6. The molecule has 2 aromatic carbocycles. The number of benzene rings is 2. The average molecular weight is 649 g/mol. The van der Waals surface area contributed by atoms with Gasteiger partial charge in [-0.1, -0.05) is 18.2 Å². The molecule has 3 fully saturated rings. The molecule has 1 saturated carbocycles. The van der Waals surface area contributed by atoms with Gasteiger partial charge in [0, 0.05) is 48.9 Å². The summed E-state index contributed by atoms with van der Waals surface area (Å²) in [4.78, 5) is 26.8. The smallest absolute Gasteiger partial charge is 0.407 e. The molecule has 45 heavy (non-hydrogen) atoms. The first kappa shape index (κ1) is 33.2. The van der Waals surface area contributed by atoms with E-state index in [0.29, 0.717) is 57.2 Å². The van der Waals surface area contributed by atoms with Gasteiger partial charge >= 0.3 is 6.09 Å². The lowest BCUT2D eigenvalue weighted by Gasteiger charge is -2.45. The summed E-state index contributed by atoms with van der Waals surface area (Å²) in [5, 5.41) is 9.01. The van der Waals surface area contributed by atoms with E-state index in [4.69, 9.17) is 9.47 Å². The molecule has 2 amide bonds. The second-order valence-corrected chi connectivity index (χ2v) is 14.3. The number of anilines is 1. The summed E-state index contributed by atoms with van der Waals surface area (Å²) in [6.45, 7) is 0.859. The molecule has 2 heterocycles. The maximum absolute atomic E-state index is 15.4. The highest BCUT2D eigenvalue weighted by atomic mass is 32.2. The lowest BCUT2D eigenvalue weighted by atomic mass is 9.64. The minimum atomic E-state index is -3.42. The fourth-order valence-corrected chi connectivity index (χ4v) is 9.00. The minimum absolute atomic E-state index is 0.0344. The van der Waals surface area contributed by atoms with Crippen LogP contribution in [0.4, 0.5) is 19.3 Å². The highest BCUT2D eigenvalue weighted by molar-refractivity contribution is 7.89. The zero-order valence-electron chi connectivity index (χ0n) is 25.7. The summed E-state index contributed by atoms with van der Waals surface area (Å²) in [5.41, 5.74) is 0.226. The number of ether oxygens (including phenoxy) is 2. The molecule has 0 radical (unpaired) electrons. The molecular formula is C32H42F2N4O6S. The molecular weight excluding hydrogens is 606 g/mol. The number of alkyl carbamates (subject to hydrolysis) is 1. The first-order valence-corrected chi connectivity index (χ1v) is 17.1. The summed E-state index contributed by atoms with van der Waals surface area (Å²) in [5.74, 6) is -1.44. The third-order valence-corrected chi connectivity index (χ3v) is 11.7. The molecule has 2 aliphatic heterocycles. The van der Waals surface area contributed by atoms with Crippen molar-refractivity contribution in [2.75, 3.05) is 38.4 Å². The second-order valence-electron chi connectivity index (χ2n) is 12.2. The third kappa shape index (κ3) is 7.32. The van der Waals surface area contributed by atoms with Gasteiger partial charge in [0.25, 0.3) is 0 Å². The topological polar surface area (TPSA) is 126 Å². The van der Waals surface area contributed by atoms with Gasteiger partial charge < -0.3 is 25.4 Å². The highest BCUT2D eigenvalue weighted by Gasteiger charge is 2.48. The van der Waals surface area contributed by atoms with Crippen LogP contribution in [0.25, 0.3) is 0 Å². The van der Waals surface area contributed by atoms with Crippen molar-refractivity contribution in [3.63, 3.8) is 0 Å². The molecule has 4 unspecified atom stereocenters. The number of nitrogens with zero attached hydrogens (tertiary/aromatic N) is 1. The van der Waals surface area contributed by atoms with Crippen LogP contribution in [0.3, 0.4) is 0 Å². The normalized spacial score (nSPS) is 28.4. The standard InChI is InChI=1S/C32H42F2N4O6S/c1-43-25-14-16-32(17-15-25,21-8-10-22(33)11-9-21)29(37-31(40)44-2)30(39)36-28-7-3-6-27(34)26(28)13-12-24-19-35-23-5-4-18-45(41,42)38(24)20-23/h3,6-11,23-25,29,35H,4-5,12-20H2,1-2H3,(H,36,39)(H,37,40). The van der Waals surface area contributed by atoms with Crippen LogP contribution in [0, 0.1) is 11.6 Å². The molecule has 1 aliphatic carbocycles. The number of amides is 2. The van der Waals surface area contributed by atoms with E-state index in [1.54, 1.807) is 29.6 Å². The van der Waals surface area contributed by atoms with Gasteiger partial charge in [-0.15, -0.1) is 0 Å². The van der Waals surface area contributed by atoms with Gasteiger partial charge in [0.1, 0.15) is 17.7 Å². The molecule has 4 atom stereocenters. The molecule has 2 bridgehead atoms. The quantitative estimate of drug-likeness (QED) is 0.377. The van der Waals surface area contributed by atoms with Crippen LogP contribution >= 0.6 is 0 Å². The SMILES string of the molecule is COC(=O)NC(C(=O)Nc1cccc(F)c1CCC1CNC2CCCS(=O)(=O)N1C2)C1(c2ccc(F)cc2)CCC(OC)CC1. The molecule has 3 N–H and O–H groups in total. The first-order valence-electron chi connectivity index (χ1n) is 15.5. The lowest BCUT2D eigenvalue weighted by molar-refractivity contribution is -0.120. The molecule has 10 nitrogen and oxygen atoms in total. The number of sulfonamides is 1. The Balaban J connectivity index is 1.42. The van der Waals surface area contributed by atoms with E-state index < -0.39 is 45.1 Å². The summed E-state index contributed by atoms with van der Waals surface area (Å²) in [7, 11) is -0.589. The number of halogens is 2. The van der Waals surface area contributed by atoms with Gasteiger partial charge in [-0.2, -0.15) is 4.31 Å². The molecule has 2 aromatic rings. The summed E-state index contributed by atoms with van der Waals surface area (Å²) in [6, 6.07) is 8.88. The third-order valence-electron chi connectivity index (χ3n) is 9.71. The van der Waals surface area contributed by atoms with Gasteiger partial charge in [-0.05, 0) is 81.2 Å². The van der Waals surface area contributed by atoms with E-state index in [2.05, 4.69) is 16.0 Å². The Kier molecular flexibility index (Phi) is 10.4. The second kappa shape index (κ2) is 14.1. The minimum Gasteiger partial charge on any atom is -0.453 e. The molecule has 5 rings (SSSR count). The van der Waals surface area contributed by atoms with E-state index in [-0.39, 0.29) is 41.6 Å². The average Bonchev–Trinajstić information content (AvgIpc) is 3.15. The number of piperazine rings is 1. The maximum Gasteiger partial charge on any atom is 0.407 e. The number of methoxy groups -OCH3 is 2. The van der Waals surface area contributed by atoms with Crippen molar-refractivity contribution in [1.29, 1.82) is 0 Å². The Morgan fingerprint density at radius 1 is 1.09 bits per heavy atom. The van der Waals surface area contributed by atoms with Gasteiger partial charge in [-0.3, -0.25) is 4.79 Å². The van der Waals surface area contributed by atoms with Crippen molar-refractivity contribution in [2.45, 2.75) is 81.0 Å². The zero-order chi connectivity index (χ0) is 32.2. The van der Waals surface area contributed by atoms with Crippen molar-refractivity contribution in [2.24, 2.45) is 0 Å². The fraction of sp³-hybridized carbons (Fsp3) is 0.562. The van der Waals surface area contributed by atoms with Crippen molar-refractivity contribution in [3.05, 3.63) is 65.2 Å².